The number of nitrogens with one attached hydrogen (secondary N) is 1. The van der Waals surface area contributed by atoms with E-state index in [1.807, 2.05) is 54.5 Å². The smallest absolute Gasteiger partial charge is 0.338 e. The Kier molecular flexibility index (Phi) is 6.93. The van der Waals surface area contributed by atoms with Crippen LogP contribution in [0.3, 0.4) is 0 Å². The van der Waals surface area contributed by atoms with Gasteiger partial charge in [-0.05, 0) is 42.0 Å². The normalized spacial score (nSPS) is 17.3. The number of thioether (sulfide) groups is 1. The molecule has 1 unspecified atom stereocenters. The van der Waals surface area contributed by atoms with Gasteiger partial charge < -0.3 is 15.0 Å². The molecule has 0 fully saturated rings. The van der Waals surface area contributed by atoms with E-state index < -0.39 is 12.0 Å². The summed E-state index contributed by atoms with van der Waals surface area (Å²) in [5, 5.41) is 5.68. The van der Waals surface area contributed by atoms with Crippen LogP contribution in [0, 0.1) is 6.92 Å². The summed E-state index contributed by atoms with van der Waals surface area (Å²) in [6.07, 6.45) is 4.18. The number of pyridine rings is 1. The second-order valence-electron chi connectivity index (χ2n) is 7.82. The Labute approximate surface area is 197 Å². The van der Waals surface area contributed by atoms with E-state index in [1.54, 1.807) is 12.4 Å². The topological polar surface area (TPSA) is 83.9 Å². The number of rotatable bonds is 7. The Bertz CT molecular complexity index is 1160. The molecule has 0 spiro atoms. The van der Waals surface area contributed by atoms with Crippen LogP contribution >= 0.6 is 11.8 Å². The van der Waals surface area contributed by atoms with Gasteiger partial charge in [0.2, 0.25) is 5.91 Å². The van der Waals surface area contributed by atoms with Crippen molar-refractivity contribution in [1.29, 1.82) is 0 Å². The van der Waals surface area contributed by atoms with Gasteiger partial charge in [0, 0.05) is 24.6 Å². The third-order valence-electron chi connectivity index (χ3n) is 5.57. The first kappa shape index (κ1) is 22.8. The van der Waals surface area contributed by atoms with Crippen LogP contribution < -0.4 is 5.32 Å². The third-order valence-corrected chi connectivity index (χ3v) is 6.46. The zero-order valence-electron chi connectivity index (χ0n) is 18.9. The van der Waals surface area contributed by atoms with Gasteiger partial charge >= 0.3 is 5.97 Å². The fraction of sp³-hybridized carbons (Fsp3) is 0.280. The lowest BCUT2D eigenvalue weighted by molar-refractivity contribution is -0.136. The van der Waals surface area contributed by atoms with Gasteiger partial charge in [0.15, 0.2) is 5.17 Å². The summed E-state index contributed by atoms with van der Waals surface area (Å²) in [4.78, 5) is 36.4. The van der Waals surface area contributed by atoms with Crippen molar-refractivity contribution in [1.82, 2.24) is 15.2 Å². The van der Waals surface area contributed by atoms with Crippen molar-refractivity contribution in [3.8, 4) is 0 Å². The highest BCUT2D eigenvalue weighted by Crippen LogP contribution is 2.45. The number of methoxy groups -OCH3 is 1. The molecule has 0 radical (unpaired) electrons. The maximum atomic E-state index is 12.9. The van der Waals surface area contributed by atoms with Gasteiger partial charge in [0.25, 0.3) is 0 Å². The number of hydrogen-bond donors (Lipinski definition) is 1. The van der Waals surface area contributed by atoms with Crippen LogP contribution in [0.15, 0.2) is 76.2 Å². The highest BCUT2D eigenvalue weighted by molar-refractivity contribution is 8.16. The average molecular weight is 463 g/mol. The molecule has 1 N–H and O–H groups in total. The summed E-state index contributed by atoms with van der Waals surface area (Å²) in [7, 11) is 1.39. The Morgan fingerprint density at radius 2 is 2.00 bits per heavy atom. The largest absolute Gasteiger partial charge is 0.466 e. The molecular formula is C25H26N4O3S. The molecule has 3 heterocycles. The van der Waals surface area contributed by atoms with E-state index in [1.165, 1.54) is 18.9 Å². The fourth-order valence-electron chi connectivity index (χ4n) is 4.00. The van der Waals surface area contributed by atoms with E-state index in [4.69, 9.17) is 9.73 Å². The van der Waals surface area contributed by atoms with Crippen molar-refractivity contribution < 1.29 is 14.3 Å². The monoisotopic (exact) mass is 462 g/mol. The Balaban J connectivity index is 1.64. The van der Waals surface area contributed by atoms with Gasteiger partial charge in [0.05, 0.1) is 30.8 Å². The molecule has 1 aromatic carbocycles. The van der Waals surface area contributed by atoms with Crippen molar-refractivity contribution in [2.45, 2.75) is 39.3 Å². The Morgan fingerprint density at radius 1 is 1.21 bits per heavy atom. The van der Waals surface area contributed by atoms with Gasteiger partial charge in [-0.3, -0.25) is 9.78 Å². The van der Waals surface area contributed by atoms with Crippen LogP contribution in [-0.2, 0) is 20.9 Å². The number of aliphatic imine (C=N–C) groups is 1. The number of aromatic nitrogens is 1. The Morgan fingerprint density at radius 3 is 2.70 bits per heavy atom. The zero-order valence-corrected chi connectivity index (χ0v) is 19.7. The molecule has 1 amide bonds. The molecule has 8 heteroatoms. The van der Waals surface area contributed by atoms with Crippen LogP contribution in [0.2, 0.25) is 0 Å². The van der Waals surface area contributed by atoms with Crippen LogP contribution in [0.1, 0.15) is 42.5 Å². The molecule has 2 aliphatic heterocycles. The fourth-order valence-corrected chi connectivity index (χ4v) is 4.93. The number of amides is 1. The van der Waals surface area contributed by atoms with E-state index >= 15 is 0 Å². The molecule has 1 aromatic heterocycles. The van der Waals surface area contributed by atoms with Crippen molar-refractivity contribution in [3.05, 3.63) is 87.9 Å². The summed E-state index contributed by atoms with van der Waals surface area (Å²) in [6, 6.07) is 11.4. The lowest BCUT2D eigenvalue weighted by Crippen LogP contribution is -2.38. The number of benzene rings is 1. The van der Waals surface area contributed by atoms with Gasteiger partial charge in [-0.2, -0.15) is 0 Å². The van der Waals surface area contributed by atoms with Crippen molar-refractivity contribution in [3.63, 3.8) is 0 Å². The molecule has 7 nitrogen and oxygen atoms in total. The number of ether oxygens (including phenoxy) is 1. The number of esters is 1. The summed E-state index contributed by atoms with van der Waals surface area (Å²) in [5.74, 6) is -0.507. The van der Waals surface area contributed by atoms with Crippen molar-refractivity contribution >= 4 is 28.8 Å². The first-order valence-electron chi connectivity index (χ1n) is 10.8. The number of aryl methyl sites for hydroxylation is 1. The molecule has 0 saturated carbocycles. The average Bonchev–Trinajstić information content (AvgIpc) is 3.23. The zero-order chi connectivity index (χ0) is 23.4. The molecule has 170 valence electrons. The summed E-state index contributed by atoms with van der Waals surface area (Å²) < 4.78 is 5.15. The maximum Gasteiger partial charge on any atom is 0.338 e. The molecular weight excluding hydrogens is 436 g/mol. The second kappa shape index (κ2) is 10.0. The van der Waals surface area contributed by atoms with E-state index in [9.17, 15) is 9.59 Å². The first-order valence-corrected chi connectivity index (χ1v) is 11.7. The number of carbonyl (C=O) groups is 2. The van der Waals surface area contributed by atoms with E-state index in [2.05, 4.69) is 16.4 Å². The van der Waals surface area contributed by atoms with E-state index in [0.717, 1.165) is 27.6 Å². The standard InChI is InChI=1S/C25H26N4O3S/c1-4-20-22(24(31)32-3)23(18-7-5-6-16(2)12-18)29-19(15-33-25(29)28-20)13-21(30)27-14-17-8-10-26-11-9-17/h5-12,15,23H,4,13-14H2,1-3H3,(H,27,30). The van der Waals surface area contributed by atoms with Crippen LogP contribution in [-0.4, -0.2) is 34.0 Å². The predicted octanol–water partition coefficient (Wildman–Crippen LogP) is 4.23. The van der Waals surface area contributed by atoms with Gasteiger partial charge in [-0.25, -0.2) is 9.79 Å². The molecule has 0 bridgehead atoms. The number of amidine groups is 1. The molecule has 0 saturated heterocycles. The van der Waals surface area contributed by atoms with Crippen LogP contribution in [0.25, 0.3) is 0 Å². The van der Waals surface area contributed by atoms with Crippen LogP contribution in [0.4, 0.5) is 0 Å². The minimum Gasteiger partial charge on any atom is -0.466 e. The lowest BCUT2D eigenvalue weighted by atomic mass is 9.92. The van der Waals surface area contributed by atoms with E-state index in [0.29, 0.717) is 24.2 Å². The molecule has 0 aliphatic carbocycles. The number of carbonyl (C=O) groups excluding carboxylic acids is 2. The number of hydrogen-bond acceptors (Lipinski definition) is 7. The van der Waals surface area contributed by atoms with Crippen molar-refractivity contribution in [2.24, 2.45) is 4.99 Å². The molecule has 4 rings (SSSR count). The number of allylic oxidation sites excluding steroid dienone is 1. The summed E-state index contributed by atoms with van der Waals surface area (Å²) in [5.41, 5.74) is 5.05. The van der Waals surface area contributed by atoms with Crippen molar-refractivity contribution in [2.75, 3.05) is 7.11 Å². The Hall–Kier alpha value is -3.39. The SMILES string of the molecule is CCC1=C(C(=O)OC)C(c2cccc(C)c2)N2C(CC(=O)NCc3ccncc3)=CSC2=N1. The highest BCUT2D eigenvalue weighted by atomic mass is 32.2. The van der Waals surface area contributed by atoms with Gasteiger partial charge in [-0.15, -0.1) is 0 Å². The molecule has 33 heavy (non-hydrogen) atoms. The minimum atomic E-state index is -0.408. The maximum absolute atomic E-state index is 12.9. The molecule has 2 aromatic rings. The van der Waals surface area contributed by atoms with Gasteiger partial charge in [0.1, 0.15) is 0 Å². The summed E-state index contributed by atoms with van der Waals surface area (Å²) >= 11 is 1.47. The summed E-state index contributed by atoms with van der Waals surface area (Å²) in [6.45, 7) is 4.43. The lowest BCUT2D eigenvalue weighted by Gasteiger charge is -2.36. The third kappa shape index (κ3) is 4.85. The van der Waals surface area contributed by atoms with E-state index in [-0.39, 0.29) is 12.3 Å². The number of fused-ring (bicyclic) bond motifs is 1. The number of nitrogens with zero attached hydrogens (tertiary/aromatic N) is 3. The first-order chi connectivity index (χ1) is 16.0. The molecule has 1 atom stereocenters. The second-order valence-corrected chi connectivity index (χ2v) is 8.66. The predicted molar refractivity (Wildman–Crippen MR) is 129 cm³/mol. The minimum absolute atomic E-state index is 0.104. The highest BCUT2D eigenvalue weighted by Gasteiger charge is 2.41. The van der Waals surface area contributed by atoms with Crippen LogP contribution in [0.5, 0.6) is 0 Å². The quantitative estimate of drug-likeness (QED) is 0.620. The van der Waals surface area contributed by atoms with Gasteiger partial charge in [-0.1, -0.05) is 48.5 Å². The molecule has 2 aliphatic rings.